The van der Waals surface area contributed by atoms with E-state index in [9.17, 15) is 9.59 Å². The topological polar surface area (TPSA) is 57.5 Å². The number of methoxy groups -OCH3 is 1. The first-order valence-corrected chi connectivity index (χ1v) is 14.1. The van der Waals surface area contributed by atoms with E-state index in [1.807, 2.05) is 39.0 Å². The summed E-state index contributed by atoms with van der Waals surface area (Å²) in [7, 11) is 1.39. The molecule has 3 aromatic rings. The van der Waals surface area contributed by atoms with Crippen LogP contribution < -0.4 is 0 Å². The smallest absolute Gasteiger partial charge is 0.337 e. The number of terminal acetylenes is 1. The third-order valence-corrected chi connectivity index (χ3v) is 7.22. The van der Waals surface area contributed by atoms with Crippen LogP contribution in [0.2, 0.25) is 0 Å². The van der Waals surface area contributed by atoms with Gasteiger partial charge in [0, 0.05) is 22.0 Å². The van der Waals surface area contributed by atoms with Crippen LogP contribution in [0.1, 0.15) is 93.6 Å². The van der Waals surface area contributed by atoms with Crippen LogP contribution in [0.25, 0.3) is 22.2 Å². The lowest BCUT2D eigenvalue weighted by molar-refractivity contribution is -0.150. The summed E-state index contributed by atoms with van der Waals surface area (Å²) in [6, 6.07) is 14.2. The van der Waals surface area contributed by atoms with Gasteiger partial charge < -0.3 is 14.0 Å². The van der Waals surface area contributed by atoms with Gasteiger partial charge >= 0.3 is 11.9 Å². The van der Waals surface area contributed by atoms with Crippen molar-refractivity contribution in [3.8, 4) is 23.6 Å². The molecule has 1 aliphatic rings. The second-order valence-corrected chi connectivity index (χ2v) is 11.5. The normalized spacial score (nSPS) is 13.9. The van der Waals surface area contributed by atoms with Crippen LogP contribution in [0.15, 0.2) is 54.6 Å². The summed E-state index contributed by atoms with van der Waals surface area (Å²) >= 11 is 0. The minimum Gasteiger partial charge on any atom is -0.465 e. The van der Waals surface area contributed by atoms with Crippen molar-refractivity contribution in [1.29, 1.82) is 0 Å². The average molecular weight is 542 g/mol. The Hall–Kier alpha value is -3.78. The largest absolute Gasteiger partial charge is 0.465 e. The van der Waals surface area contributed by atoms with Gasteiger partial charge in [0.05, 0.1) is 24.9 Å². The zero-order valence-electron chi connectivity index (χ0n) is 24.9. The van der Waals surface area contributed by atoms with Crippen molar-refractivity contribution in [2.45, 2.75) is 91.2 Å². The molecule has 1 heterocycles. The molecule has 5 nitrogen and oxygen atoms in total. The molecule has 1 fully saturated rings. The number of hydrogen-bond acceptors (Lipinski definition) is 4. The summed E-state index contributed by atoms with van der Waals surface area (Å²) < 4.78 is 12.8. The van der Waals surface area contributed by atoms with E-state index in [4.69, 9.17) is 9.47 Å². The zero-order valence-corrected chi connectivity index (χ0v) is 24.9. The van der Waals surface area contributed by atoms with E-state index < -0.39 is 11.6 Å². The Labute approximate surface area is 239 Å². The molecule has 0 radical (unpaired) electrons. The third kappa shape index (κ3) is 7.24. The van der Waals surface area contributed by atoms with Crippen LogP contribution in [0.4, 0.5) is 0 Å². The Balaban J connectivity index is 0.00000141. The van der Waals surface area contributed by atoms with Gasteiger partial charge in [-0.3, -0.25) is 0 Å². The molecule has 40 heavy (non-hydrogen) atoms. The van der Waals surface area contributed by atoms with E-state index in [0.29, 0.717) is 17.1 Å². The van der Waals surface area contributed by atoms with Gasteiger partial charge in [0.15, 0.2) is 0 Å². The van der Waals surface area contributed by atoms with Gasteiger partial charge in [-0.25, -0.2) is 9.59 Å². The Kier molecular flexibility index (Phi) is 10.4. The fourth-order valence-corrected chi connectivity index (χ4v) is 5.50. The van der Waals surface area contributed by atoms with Crippen molar-refractivity contribution >= 4 is 22.8 Å². The molecule has 4 rings (SSSR count). The number of esters is 2. The molecular formula is C35H43NO4. The lowest BCUT2D eigenvalue weighted by atomic mass is 9.87. The van der Waals surface area contributed by atoms with Crippen molar-refractivity contribution in [2.24, 2.45) is 0 Å². The van der Waals surface area contributed by atoms with Crippen LogP contribution in [0.5, 0.6) is 0 Å². The summed E-state index contributed by atoms with van der Waals surface area (Å²) in [6.45, 7) is 13.7. The van der Waals surface area contributed by atoms with Crippen molar-refractivity contribution in [1.82, 2.24) is 4.57 Å². The SMILES string of the molecule is C#CC.C=C(Cn1c(-c2ccccc2C)c(C2CCCCCC2)c2ccc(C(=O)OC)cc21)C(=O)OC(C)(C)C. The molecular weight excluding hydrogens is 498 g/mol. The van der Waals surface area contributed by atoms with Crippen molar-refractivity contribution in [3.63, 3.8) is 0 Å². The number of ether oxygens (including phenoxy) is 2. The molecule has 1 saturated carbocycles. The van der Waals surface area contributed by atoms with Crippen LogP contribution in [-0.2, 0) is 20.8 Å². The minimum absolute atomic E-state index is 0.270. The molecule has 0 N–H and O–H groups in total. The fraction of sp³-hybridized carbons (Fsp3) is 0.429. The lowest BCUT2D eigenvalue weighted by Gasteiger charge is -2.22. The number of aromatic nitrogens is 1. The molecule has 0 saturated heterocycles. The van der Waals surface area contributed by atoms with Gasteiger partial charge in [-0.05, 0) is 76.6 Å². The van der Waals surface area contributed by atoms with E-state index in [2.05, 4.69) is 54.7 Å². The van der Waals surface area contributed by atoms with Gasteiger partial charge in [0.25, 0.3) is 0 Å². The quantitative estimate of drug-likeness (QED) is 0.136. The lowest BCUT2D eigenvalue weighted by Crippen LogP contribution is -2.26. The third-order valence-electron chi connectivity index (χ3n) is 7.22. The highest BCUT2D eigenvalue weighted by Gasteiger charge is 2.28. The number of carbonyl (C=O) groups is 2. The summed E-state index contributed by atoms with van der Waals surface area (Å²) in [5.41, 5.74) is 5.86. The molecule has 5 heteroatoms. The number of rotatable bonds is 6. The summed E-state index contributed by atoms with van der Waals surface area (Å²) in [5.74, 6) is 1.86. The standard InChI is InChI=1S/C32H39NO4.C3H4/c1-21-13-11-12-16-25(21)29-28(23-14-9-7-8-10-15-23)26-18-17-24(31(35)36-6)19-27(26)33(29)20-22(2)30(34)37-32(3,4)5;1-3-2/h11-13,16-19,23H,2,7-10,14-15,20H2,1,3-6H3;1H,2H3. The summed E-state index contributed by atoms with van der Waals surface area (Å²) in [6.07, 6.45) is 11.8. The van der Waals surface area contributed by atoms with Gasteiger partial charge in [0.1, 0.15) is 5.60 Å². The first kappa shape index (κ1) is 30.8. The maximum atomic E-state index is 13.0. The highest BCUT2D eigenvalue weighted by atomic mass is 16.6. The fourth-order valence-electron chi connectivity index (χ4n) is 5.50. The molecule has 0 aliphatic heterocycles. The molecule has 2 aromatic carbocycles. The number of fused-ring (bicyclic) bond motifs is 1. The van der Waals surface area contributed by atoms with Gasteiger partial charge in [-0.15, -0.1) is 12.3 Å². The molecule has 212 valence electrons. The maximum absolute atomic E-state index is 13.0. The van der Waals surface area contributed by atoms with Crippen molar-refractivity contribution in [3.05, 3.63) is 71.3 Å². The zero-order chi connectivity index (χ0) is 29.4. The van der Waals surface area contributed by atoms with Gasteiger partial charge in [0.2, 0.25) is 0 Å². The molecule has 0 amide bonds. The van der Waals surface area contributed by atoms with Crippen LogP contribution in [-0.4, -0.2) is 29.2 Å². The second kappa shape index (κ2) is 13.5. The van der Waals surface area contributed by atoms with E-state index in [1.165, 1.54) is 38.4 Å². The number of aryl methyl sites for hydroxylation is 1. The highest BCUT2D eigenvalue weighted by Crippen LogP contribution is 2.44. The highest BCUT2D eigenvalue weighted by molar-refractivity contribution is 5.99. The first-order chi connectivity index (χ1) is 19.0. The van der Waals surface area contributed by atoms with Crippen LogP contribution >= 0.6 is 0 Å². The van der Waals surface area contributed by atoms with Crippen molar-refractivity contribution < 1.29 is 19.1 Å². The Morgan fingerprint density at radius 3 is 2.27 bits per heavy atom. The predicted molar refractivity (Wildman–Crippen MR) is 163 cm³/mol. The van der Waals surface area contributed by atoms with E-state index in [-0.39, 0.29) is 12.5 Å². The first-order valence-electron chi connectivity index (χ1n) is 14.1. The summed E-state index contributed by atoms with van der Waals surface area (Å²) in [4.78, 5) is 25.5. The van der Waals surface area contributed by atoms with Gasteiger partial charge in [-0.2, -0.15) is 0 Å². The Bertz CT molecular complexity index is 1410. The minimum atomic E-state index is -0.610. The van der Waals surface area contributed by atoms with E-state index in [0.717, 1.165) is 40.6 Å². The number of hydrogen-bond donors (Lipinski definition) is 0. The maximum Gasteiger partial charge on any atom is 0.337 e. The van der Waals surface area contributed by atoms with E-state index >= 15 is 0 Å². The van der Waals surface area contributed by atoms with Crippen LogP contribution in [0.3, 0.4) is 0 Å². The number of nitrogens with zero attached hydrogens (tertiary/aromatic N) is 1. The monoisotopic (exact) mass is 541 g/mol. The second-order valence-electron chi connectivity index (χ2n) is 11.5. The predicted octanol–water partition coefficient (Wildman–Crippen LogP) is 8.38. The van der Waals surface area contributed by atoms with Crippen molar-refractivity contribution in [2.75, 3.05) is 7.11 Å². The number of benzene rings is 2. The molecule has 1 aromatic heterocycles. The molecule has 0 bridgehead atoms. The molecule has 0 spiro atoms. The Morgan fingerprint density at radius 2 is 1.70 bits per heavy atom. The molecule has 1 aliphatic carbocycles. The number of carbonyl (C=O) groups excluding carboxylic acids is 2. The van der Waals surface area contributed by atoms with Gasteiger partial charge in [-0.1, -0.05) is 62.6 Å². The molecule has 0 atom stereocenters. The Morgan fingerprint density at radius 1 is 1.07 bits per heavy atom. The molecule has 0 unspecified atom stereocenters. The average Bonchev–Trinajstić information content (AvgIpc) is 3.04. The summed E-state index contributed by atoms with van der Waals surface area (Å²) in [5, 5.41) is 1.12. The van der Waals surface area contributed by atoms with E-state index in [1.54, 1.807) is 6.92 Å². The van der Waals surface area contributed by atoms with Crippen LogP contribution in [0, 0.1) is 19.3 Å².